The highest BCUT2D eigenvalue weighted by Gasteiger charge is 2.07. The van der Waals surface area contributed by atoms with E-state index in [-0.39, 0.29) is 0 Å². The van der Waals surface area contributed by atoms with Gasteiger partial charge < -0.3 is 10.1 Å². The lowest BCUT2D eigenvalue weighted by molar-refractivity contribution is 0.414. The number of benzene rings is 2. The van der Waals surface area contributed by atoms with Gasteiger partial charge in [-0.2, -0.15) is 0 Å². The predicted molar refractivity (Wildman–Crippen MR) is 90.1 cm³/mol. The van der Waals surface area contributed by atoms with Gasteiger partial charge in [0.1, 0.15) is 5.75 Å². The Kier molecular flexibility index (Phi) is 4.23. The van der Waals surface area contributed by atoms with Crippen LogP contribution in [0.2, 0.25) is 0 Å². The van der Waals surface area contributed by atoms with Gasteiger partial charge in [-0.1, -0.05) is 30.3 Å². The molecule has 0 amide bonds. The molecule has 0 spiro atoms. The molecular weight excluding hydrogens is 278 g/mol. The van der Waals surface area contributed by atoms with Gasteiger partial charge in [-0.15, -0.1) is 11.3 Å². The van der Waals surface area contributed by atoms with Crippen molar-refractivity contribution in [2.75, 3.05) is 7.11 Å². The monoisotopic (exact) mass is 297 g/mol. The van der Waals surface area contributed by atoms with Gasteiger partial charge >= 0.3 is 0 Å². The van der Waals surface area contributed by atoms with Crippen LogP contribution in [-0.2, 0) is 6.54 Å². The zero-order valence-corrected chi connectivity index (χ0v) is 13.1. The Balaban J connectivity index is 1.68. The summed E-state index contributed by atoms with van der Waals surface area (Å²) in [5.41, 5.74) is 2.64. The van der Waals surface area contributed by atoms with Gasteiger partial charge in [0, 0.05) is 17.3 Å². The first kappa shape index (κ1) is 14.1. The van der Waals surface area contributed by atoms with Crippen LogP contribution in [0.15, 0.2) is 53.9 Å². The van der Waals surface area contributed by atoms with Crippen LogP contribution in [0, 0.1) is 0 Å². The molecule has 0 unspecified atom stereocenters. The van der Waals surface area contributed by atoms with E-state index in [9.17, 15) is 0 Å². The highest BCUT2D eigenvalue weighted by Crippen LogP contribution is 2.26. The van der Waals surface area contributed by atoms with Crippen LogP contribution in [0.3, 0.4) is 0 Å². The summed E-state index contributed by atoms with van der Waals surface area (Å²) >= 11 is 1.81. The van der Waals surface area contributed by atoms with E-state index in [1.807, 2.05) is 23.5 Å². The van der Waals surface area contributed by atoms with Crippen LogP contribution in [0.4, 0.5) is 0 Å². The standard InChI is InChI=1S/C18H19NOS/c1-13(14-7-9-16(20-2)10-8-14)19-11-15-12-21-18-6-4-3-5-17(15)18/h3-10,12-13,19H,11H2,1-2H3/t13-/m0/s1. The molecule has 0 bridgehead atoms. The van der Waals surface area contributed by atoms with Crippen LogP contribution >= 0.6 is 11.3 Å². The number of rotatable bonds is 5. The Morgan fingerprint density at radius 1 is 1.10 bits per heavy atom. The number of thiophene rings is 1. The van der Waals surface area contributed by atoms with Gasteiger partial charge in [0.2, 0.25) is 0 Å². The lowest BCUT2D eigenvalue weighted by Crippen LogP contribution is -2.17. The van der Waals surface area contributed by atoms with E-state index in [1.165, 1.54) is 21.2 Å². The van der Waals surface area contributed by atoms with Crippen molar-refractivity contribution in [2.24, 2.45) is 0 Å². The Morgan fingerprint density at radius 2 is 1.86 bits per heavy atom. The smallest absolute Gasteiger partial charge is 0.118 e. The first-order valence-electron chi connectivity index (χ1n) is 7.10. The van der Waals surface area contributed by atoms with Crippen LogP contribution < -0.4 is 10.1 Å². The minimum absolute atomic E-state index is 0.314. The third-order valence-corrected chi connectivity index (χ3v) is 4.79. The Morgan fingerprint density at radius 3 is 2.62 bits per heavy atom. The van der Waals surface area contributed by atoms with Crippen LogP contribution in [0.25, 0.3) is 10.1 Å². The third kappa shape index (κ3) is 3.09. The fourth-order valence-electron chi connectivity index (χ4n) is 2.44. The molecule has 0 saturated carbocycles. The maximum atomic E-state index is 5.20. The number of ether oxygens (including phenoxy) is 1. The van der Waals surface area contributed by atoms with E-state index in [0.717, 1.165) is 12.3 Å². The summed E-state index contributed by atoms with van der Waals surface area (Å²) in [6.45, 7) is 3.08. The first-order valence-corrected chi connectivity index (χ1v) is 7.98. The van der Waals surface area contributed by atoms with Crippen molar-refractivity contribution >= 4 is 21.4 Å². The molecule has 0 aliphatic rings. The molecule has 0 radical (unpaired) electrons. The second-order valence-corrected chi connectivity index (χ2v) is 6.04. The largest absolute Gasteiger partial charge is 0.497 e. The number of nitrogens with one attached hydrogen (secondary N) is 1. The summed E-state index contributed by atoms with van der Waals surface area (Å²) in [5.74, 6) is 0.898. The molecular formula is C18H19NOS. The third-order valence-electron chi connectivity index (χ3n) is 3.78. The summed E-state index contributed by atoms with van der Waals surface area (Å²) in [5, 5.41) is 7.20. The molecule has 3 rings (SSSR count). The van der Waals surface area contributed by atoms with Crippen molar-refractivity contribution in [3.05, 3.63) is 65.0 Å². The van der Waals surface area contributed by atoms with Crippen molar-refractivity contribution in [2.45, 2.75) is 19.5 Å². The van der Waals surface area contributed by atoms with Crippen LogP contribution in [-0.4, -0.2) is 7.11 Å². The molecule has 108 valence electrons. The molecule has 1 atom stereocenters. The number of hydrogen-bond donors (Lipinski definition) is 1. The van der Waals surface area contributed by atoms with Gasteiger partial charge in [-0.05, 0) is 47.0 Å². The van der Waals surface area contributed by atoms with Gasteiger partial charge in [-0.3, -0.25) is 0 Å². The molecule has 1 aromatic heterocycles. The minimum Gasteiger partial charge on any atom is -0.497 e. The number of fused-ring (bicyclic) bond motifs is 1. The van der Waals surface area contributed by atoms with Gasteiger partial charge in [-0.25, -0.2) is 0 Å². The van der Waals surface area contributed by atoms with E-state index in [4.69, 9.17) is 4.74 Å². The van der Waals surface area contributed by atoms with Crippen molar-refractivity contribution in [1.29, 1.82) is 0 Å². The average molecular weight is 297 g/mol. The van der Waals surface area contributed by atoms with Crippen molar-refractivity contribution in [3.8, 4) is 5.75 Å². The van der Waals surface area contributed by atoms with E-state index in [0.29, 0.717) is 6.04 Å². The maximum Gasteiger partial charge on any atom is 0.118 e. The molecule has 3 heteroatoms. The maximum absolute atomic E-state index is 5.20. The highest BCUT2D eigenvalue weighted by atomic mass is 32.1. The van der Waals surface area contributed by atoms with Crippen LogP contribution in [0.5, 0.6) is 5.75 Å². The van der Waals surface area contributed by atoms with E-state index >= 15 is 0 Å². The number of hydrogen-bond acceptors (Lipinski definition) is 3. The molecule has 0 aliphatic heterocycles. The van der Waals surface area contributed by atoms with E-state index in [2.05, 4.69) is 54.0 Å². The van der Waals surface area contributed by atoms with Gasteiger partial charge in [0.05, 0.1) is 7.11 Å². The van der Waals surface area contributed by atoms with Gasteiger partial charge in [0.15, 0.2) is 0 Å². The fourth-order valence-corrected chi connectivity index (χ4v) is 3.41. The van der Waals surface area contributed by atoms with E-state index in [1.54, 1.807) is 7.11 Å². The molecule has 2 aromatic carbocycles. The summed E-state index contributed by atoms with van der Waals surface area (Å²) in [7, 11) is 1.69. The quantitative estimate of drug-likeness (QED) is 0.733. The summed E-state index contributed by atoms with van der Waals surface area (Å²) in [6.07, 6.45) is 0. The molecule has 0 aliphatic carbocycles. The molecule has 3 aromatic rings. The lowest BCUT2D eigenvalue weighted by Gasteiger charge is -2.14. The second-order valence-electron chi connectivity index (χ2n) is 5.13. The summed E-state index contributed by atoms with van der Waals surface area (Å²) < 4.78 is 6.55. The topological polar surface area (TPSA) is 21.3 Å². The second kappa shape index (κ2) is 6.29. The Labute approximate surface area is 129 Å². The predicted octanol–water partition coefficient (Wildman–Crippen LogP) is 4.76. The molecule has 21 heavy (non-hydrogen) atoms. The molecule has 1 heterocycles. The molecule has 0 fully saturated rings. The fraction of sp³-hybridized carbons (Fsp3) is 0.222. The molecule has 2 nitrogen and oxygen atoms in total. The number of methoxy groups -OCH3 is 1. The Bertz CT molecular complexity index is 717. The lowest BCUT2D eigenvalue weighted by atomic mass is 10.1. The molecule has 1 N–H and O–H groups in total. The summed E-state index contributed by atoms with van der Waals surface area (Å²) in [6, 6.07) is 17.1. The van der Waals surface area contributed by atoms with Crippen molar-refractivity contribution in [3.63, 3.8) is 0 Å². The van der Waals surface area contributed by atoms with E-state index < -0.39 is 0 Å². The van der Waals surface area contributed by atoms with Crippen molar-refractivity contribution in [1.82, 2.24) is 5.32 Å². The van der Waals surface area contributed by atoms with Gasteiger partial charge in [0.25, 0.3) is 0 Å². The zero-order valence-electron chi connectivity index (χ0n) is 12.3. The summed E-state index contributed by atoms with van der Waals surface area (Å²) in [4.78, 5) is 0. The average Bonchev–Trinajstić information content (AvgIpc) is 2.96. The highest BCUT2D eigenvalue weighted by molar-refractivity contribution is 7.17. The minimum atomic E-state index is 0.314. The normalized spacial score (nSPS) is 12.5. The zero-order chi connectivity index (χ0) is 14.7. The first-order chi connectivity index (χ1) is 10.3. The Hall–Kier alpha value is -1.84. The van der Waals surface area contributed by atoms with Crippen LogP contribution in [0.1, 0.15) is 24.1 Å². The SMILES string of the molecule is COc1ccc([C@H](C)NCc2csc3ccccc23)cc1. The van der Waals surface area contributed by atoms with Crippen molar-refractivity contribution < 1.29 is 4.74 Å². The molecule has 0 saturated heterocycles.